The van der Waals surface area contributed by atoms with Gasteiger partial charge in [0.25, 0.3) is 0 Å². The van der Waals surface area contributed by atoms with Gasteiger partial charge in [-0.3, -0.25) is 9.79 Å². The second-order valence-corrected chi connectivity index (χ2v) is 5.61. The highest BCUT2D eigenvalue weighted by Crippen LogP contribution is 2.44. The molecule has 3 rings (SSSR count). The molecule has 0 aromatic carbocycles. The number of fused-ring (bicyclic) bond motifs is 2. The van der Waals surface area contributed by atoms with Gasteiger partial charge in [-0.05, 0) is 32.6 Å². The van der Waals surface area contributed by atoms with Crippen LogP contribution in [0.25, 0.3) is 0 Å². The molecule has 3 aliphatic rings. The lowest BCUT2D eigenvalue weighted by molar-refractivity contribution is -0.128. The lowest BCUT2D eigenvalue weighted by atomic mass is 9.69. The zero-order valence-corrected chi connectivity index (χ0v) is 9.96. The zero-order chi connectivity index (χ0) is 11.2. The number of nitrogens with zero attached hydrogens (tertiary/aromatic N) is 1. The van der Waals surface area contributed by atoms with Crippen molar-refractivity contribution in [2.45, 2.75) is 63.5 Å². The van der Waals surface area contributed by atoms with Crippen LogP contribution in [-0.4, -0.2) is 23.2 Å². The minimum Gasteiger partial charge on any atom is -0.368 e. The van der Waals surface area contributed by atoms with Gasteiger partial charge >= 0.3 is 0 Å². The third-order valence-electron chi connectivity index (χ3n) is 4.54. The molecule has 2 fully saturated rings. The van der Waals surface area contributed by atoms with Crippen LogP contribution in [0.2, 0.25) is 0 Å². The number of ketones is 1. The summed E-state index contributed by atoms with van der Waals surface area (Å²) in [5.41, 5.74) is 0.0774. The summed E-state index contributed by atoms with van der Waals surface area (Å²) in [5, 5.41) is 3.55. The maximum Gasteiger partial charge on any atom is 0.140 e. The van der Waals surface area contributed by atoms with Crippen LogP contribution in [-0.2, 0) is 4.79 Å². The molecule has 2 aliphatic carbocycles. The van der Waals surface area contributed by atoms with Gasteiger partial charge in [0, 0.05) is 7.85 Å². The first-order valence-corrected chi connectivity index (χ1v) is 6.57. The standard InChI is InChI=1S/C13H20N2O.H2/c1-9-14-10-5-4-6-11(16)12(10)13(15-9)7-2-3-8-13;/h10,12H,2-8H2,1H3,(H,14,15);1H. The topological polar surface area (TPSA) is 41.5 Å². The summed E-state index contributed by atoms with van der Waals surface area (Å²) in [4.78, 5) is 16.8. The van der Waals surface area contributed by atoms with E-state index in [1.165, 1.54) is 12.8 Å². The van der Waals surface area contributed by atoms with E-state index < -0.39 is 0 Å². The number of hydrogen-bond acceptors (Lipinski definition) is 3. The SMILES string of the molecule is CC1=NC2CCCC(=O)C2C2(CCCC2)N1.[HH]. The minimum atomic E-state index is 0. The van der Waals surface area contributed by atoms with Crippen LogP contribution in [0.4, 0.5) is 0 Å². The van der Waals surface area contributed by atoms with Crippen molar-refractivity contribution in [2.75, 3.05) is 0 Å². The Kier molecular flexibility index (Phi) is 2.30. The summed E-state index contributed by atoms with van der Waals surface area (Å²) in [6.07, 6.45) is 7.76. The number of hydrogen-bond donors (Lipinski definition) is 1. The van der Waals surface area contributed by atoms with E-state index in [0.717, 1.165) is 37.9 Å². The highest BCUT2D eigenvalue weighted by Gasteiger charge is 2.51. The van der Waals surface area contributed by atoms with Crippen molar-refractivity contribution < 1.29 is 6.22 Å². The fourth-order valence-corrected chi connectivity index (χ4v) is 4.00. The van der Waals surface area contributed by atoms with Crippen molar-refractivity contribution in [3.63, 3.8) is 0 Å². The maximum absolute atomic E-state index is 12.2. The molecule has 3 nitrogen and oxygen atoms in total. The predicted octanol–water partition coefficient (Wildman–Crippen LogP) is 2.30. The molecule has 0 radical (unpaired) electrons. The third-order valence-corrected chi connectivity index (χ3v) is 4.54. The van der Waals surface area contributed by atoms with E-state index in [0.29, 0.717) is 5.78 Å². The number of carbonyl (C=O) groups is 1. The lowest BCUT2D eigenvalue weighted by Crippen LogP contribution is -2.61. The molecule has 3 heteroatoms. The van der Waals surface area contributed by atoms with E-state index in [9.17, 15) is 4.79 Å². The Morgan fingerprint density at radius 1 is 1.38 bits per heavy atom. The molecule has 2 unspecified atom stereocenters. The molecule has 1 spiro atoms. The fraction of sp³-hybridized carbons (Fsp3) is 0.846. The van der Waals surface area contributed by atoms with E-state index in [1.54, 1.807) is 0 Å². The van der Waals surface area contributed by atoms with Crippen LogP contribution in [0.5, 0.6) is 0 Å². The molecule has 0 amide bonds. The number of carbonyl (C=O) groups excluding carboxylic acids is 1. The maximum atomic E-state index is 12.2. The second-order valence-electron chi connectivity index (χ2n) is 5.61. The molecular weight excluding hydrogens is 200 g/mol. The Bertz CT molecular complexity index is 347. The van der Waals surface area contributed by atoms with E-state index >= 15 is 0 Å². The Labute approximate surface area is 98.2 Å². The molecule has 1 heterocycles. The van der Waals surface area contributed by atoms with Crippen LogP contribution in [0, 0.1) is 5.92 Å². The summed E-state index contributed by atoms with van der Waals surface area (Å²) in [6.45, 7) is 2.05. The quantitative estimate of drug-likeness (QED) is 0.683. The summed E-state index contributed by atoms with van der Waals surface area (Å²) in [6, 6.07) is 0.278. The van der Waals surface area contributed by atoms with Gasteiger partial charge in [-0.1, -0.05) is 12.8 Å². The number of Topliss-reactive ketones (excluding diaryl/α,β-unsaturated/α-hetero) is 1. The minimum absolute atomic E-state index is 0. The van der Waals surface area contributed by atoms with Gasteiger partial charge in [0.05, 0.1) is 23.3 Å². The van der Waals surface area contributed by atoms with Crippen molar-refractivity contribution in [3.05, 3.63) is 0 Å². The summed E-state index contributed by atoms with van der Waals surface area (Å²) < 4.78 is 0. The number of aliphatic imine (C=N–C) groups is 1. The smallest absolute Gasteiger partial charge is 0.140 e. The van der Waals surface area contributed by atoms with Gasteiger partial charge in [0.15, 0.2) is 0 Å². The summed E-state index contributed by atoms with van der Waals surface area (Å²) >= 11 is 0. The van der Waals surface area contributed by atoms with Crippen molar-refractivity contribution in [2.24, 2.45) is 10.9 Å². The highest BCUT2D eigenvalue weighted by atomic mass is 16.1. The normalized spacial score (nSPS) is 36.8. The first-order chi connectivity index (χ1) is 7.71. The average Bonchev–Trinajstić information content (AvgIpc) is 2.66. The lowest BCUT2D eigenvalue weighted by Gasteiger charge is -2.46. The summed E-state index contributed by atoms with van der Waals surface area (Å²) in [7, 11) is 0. The molecule has 0 bridgehead atoms. The first-order valence-electron chi connectivity index (χ1n) is 6.57. The number of rotatable bonds is 0. The van der Waals surface area contributed by atoms with Crippen LogP contribution in [0.3, 0.4) is 0 Å². The molecule has 0 aromatic rings. The van der Waals surface area contributed by atoms with Gasteiger partial charge in [-0.25, -0.2) is 0 Å². The van der Waals surface area contributed by atoms with Crippen molar-refractivity contribution in [1.29, 1.82) is 0 Å². The predicted molar refractivity (Wildman–Crippen MR) is 65.7 cm³/mol. The molecule has 1 aliphatic heterocycles. The molecule has 2 atom stereocenters. The van der Waals surface area contributed by atoms with Crippen molar-refractivity contribution >= 4 is 11.6 Å². The molecule has 0 saturated heterocycles. The zero-order valence-electron chi connectivity index (χ0n) is 9.96. The molecule has 90 valence electrons. The Morgan fingerprint density at radius 3 is 2.88 bits per heavy atom. The third kappa shape index (κ3) is 1.40. The average molecular weight is 222 g/mol. The van der Waals surface area contributed by atoms with Gasteiger partial charge in [0.2, 0.25) is 0 Å². The van der Waals surface area contributed by atoms with Crippen molar-refractivity contribution in [1.82, 2.24) is 5.32 Å². The monoisotopic (exact) mass is 222 g/mol. The van der Waals surface area contributed by atoms with Gasteiger partial charge in [0.1, 0.15) is 5.78 Å². The Hall–Kier alpha value is -0.860. The van der Waals surface area contributed by atoms with Crippen LogP contribution < -0.4 is 5.32 Å². The van der Waals surface area contributed by atoms with Gasteiger partial charge in [-0.2, -0.15) is 0 Å². The van der Waals surface area contributed by atoms with E-state index in [-0.39, 0.29) is 18.9 Å². The fourth-order valence-electron chi connectivity index (χ4n) is 4.00. The van der Waals surface area contributed by atoms with Crippen LogP contribution in [0.1, 0.15) is 53.3 Å². The van der Waals surface area contributed by atoms with Crippen LogP contribution in [0.15, 0.2) is 4.99 Å². The van der Waals surface area contributed by atoms with Crippen LogP contribution >= 0.6 is 0 Å². The van der Waals surface area contributed by atoms with Gasteiger partial charge < -0.3 is 5.32 Å². The first kappa shape index (κ1) is 10.3. The molecule has 0 aromatic heterocycles. The Morgan fingerprint density at radius 2 is 2.12 bits per heavy atom. The Balaban J connectivity index is 0.00000108. The molecular formula is C13H22N2O. The largest absolute Gasteiger partial charge is 0.368 e. The number of amidine groups is 1. The molecule has 16 heavy (non-hydrogen) atoms. The van der Waals surface area contributed by atoms with Gasteiger partial charge in [-0.15, -0.1) is 0 Å². The van der Waals surface area contributed by atoms with E-state index in [2.05, 4.69) is 17.2 Å². The van der Waals surface area contributed by atoms with Crippen molar-refractivity contribution in [3.8, 4) is 0 Å². The summed E-state index contributed by atoms with van der Waals surface area (Å²) in [5.74, 6) is 1.69. The number of nitrogens with one attached hydrogen (secondary N) is 1. The van der Waals surface area contributed by atoms with E-state index in [4.69, 9.17) is 0 Å². The molecule has 2 saturated carbocycles. The second kappa shape index (κ2) is 3.57. The van der Waals surface area contributed by atoms with E-state index in [1.807, 2.05) is 0 Å². The molecule has 1 N–H and O–H groups in total. The highest BCUT2D eigenvalue weighted by molar-refractivity contribution is 5.89.